The van der Waals surface area contributed by atoms with Crippen LogP contribution < -0.4 is 5.32 Å². The van der Waals surface area contributed by atoms with Crippen molar-refractivity contribution < 1.29 is 13.2 Å². The molecule has 0 atom stereocenters. The Bertz CT molecular complexity index is 1190. The number of nitrogens with one attached hydrogen (secondary N) is 1. The highest BCUT2D eigenvalue weighted by Gasteiger charge is 2.26. The Hall–Kier alpha value is -2.20. The summed E-state index contributed by atoms with van der Waals surface area (Å²) in [5.74, 6) is 0.00618. The van der Waals surface area contributed by atoms with E-state index in [9.17, 15) is 13.2 Å². The number of benzene rings is 2. The van der Waals surface area contributed by atoms with Crippen LogP contribution in [0.15, 0.2) is 63.1 Å². The van der Waals surface area contributed by atoms with Crippen molar-refractivity contribution in [2.45, 2.75) is 35.4 Å². The minimum atomic E-state index is -3.55. The number of carbonyl (C=O) groups excluding carboxylic acids is 1. The van der Waals surface area contributed by atoms with E-state index in [-0.39, 0.29) is 16.6 Å². The Kier molecular flexibility index (Phi) is 7.30. The lowest BCUT2D eigenvalue weighted by atomic mass is 10.2. The summed E-state index contributed by atoms with van der Waals surface area (Å²) in [6.07, 6.45) is 2.83. The van der Waals surface area contributed by atoms with Crippen LogP contribution in [0.5, 0.6) is 0 Å². The Morgan fingerprint density at radius 1 is 1.12 bits per heavy atom. The van der Waals surface area contributed by atoms with Crippen molar-refractivity contribution in [3.8, 4) is 11.3 Å². The van der Waals surface area contributed by atoms with Crippen molar-refractivity contribution in [2.24, 2.45) is 0 Å². The Labute approximate surface area is 197 Å². The first kappa shape index (κ1) is 23.0. The van der Waals surface area contributed by atoms with Crippen molar-refractivity contribution in [3.63, 3.8) is 0 Å². The smallest absolute Gasteiger partial charge is 0.243 e. The molecule has 1 saturated heterocycles. The molecular formula is C23H25N3O3S3. The number of amides is 1. The van der Waals surface area contributed by atoms with E-state index in [1.807, 2.05) is 42.6 Å². The van der Waals surface area contributed by atoms with Gasteiger partial charge >= 0.3 is 0 Å². The fourth-order valence-electron chi connectivity index (χ4n) is 3.53. The topological polar surface area (TPSA) is 79.4 Å². The normalized spacial score (nSPS) is 14.9. The Balaban J connectivity index is 1.40. The number of piperidine rings is 1. The number of hydrogen-bond acceptors (Lipinski definition) is 6. The summed E-state index contributed by atoms with van der Waals surface area (Å²) >= 11 is 2.87. The van der Waals surface area contributed by atoms with E-state index in [0.717, 1.165) is 40.4 Å². The van der Waals surface area contributed by atoms with Crippen LogP contribution in [0, 0.1) is 6.92 Å². The number of thioether (sulfide) groups is 1. The van der Waals surface area contributed by atoms with Gasteiger partial charge in [0.2, 0.25) is 15.9 Å². The third-order valence-electron chi connectivity index (χ3n) is 5.32. The van der Waals surface area contributed by atoms with E-state index in [2.05, 4.69) is 10.3 Å². The average molecular weight is 488 g/mol. The molecule has 0 saturated carbocycles. The lowest BCUT2D eigenvalue weighted by molar-refractivity contribution is -0.113. The first-order valence-corrected chi connectivity index (χ1v) is 13.8. The van der Waals surface area contributed by atoms with Crippen LogP contribution in [0.4, 0.5) is 5.69 Å². The van der Waals surface area contributed by atoms with Gasteiger partial charge in [-0.2, -0.15) is 4.31 Å². The molecule has 1 N–H and O–H groups in total. The third-order valence-corrected chi connectivity index (χ3v) is 9.23. The first-order chi connectivity index (χ1) is 15.4. The molecule has 1 aliphatic heterocycles. The van der Waals surface area contributed by atoms with Gasteiger partial charge in [-0.1, -0.05) is 54.6 Å². The van der Waals surface area contributed by atoms with Crippen molar-refractivity contribution in [1.29, 1.82) is 0 Å². The second-order valence-electron chi connectivity index (χ2n) is 7.64. The van der Waals surface area contributed by atoms with Gasteiger partial charge in [-0.25, -0.2) is 13.4 Å². The largest absolute Gasteiger partial charge is 0.325 e. The number of hydrogen-bond donors (Lipinski definition) is 1. The highest BCUT2D eigenvalue weighted by molar-refractivity contribution is 8.01. The molecule has 32 heavy (non-hydrogen) atoms. The molecule has 1 fully saturated rings. The Morgan fingerprint density at radius 3 is 2.62 bits per heavy atom. The van der Waals surface area contributed by atoms with Crippen LogP contribution in [0.1, 0.15) is 24.8 Å². The van der Waals surface area contributed by atoms with E-state index in [0.29, 0.717) is 18.8 Å². The number of thiazole rings is 1. The van der Waals surface area contributed by atoms with Crippen LogP contribution in [-0.2, 0) is 14.8 Å². The van der Waals surface area contributed by atoms with Crippen molar-refractivity contribution in [2.75, 3.05) is 24.2 Å². The Morgan fingerprint density at radius 2 is 1.88 bits per heavy atom. The van der Waals surface area contributed by atoms with Crippen molar-refractivity contribution >= 4 is 44.7 Å². The van der Waals surface area contributed by atoms with E-state index >= 15 is 0 Å². The van der Waals surface area contributed by atoms with Crippen LogP contribution in [0.25, 0.3) is 11.3 Å². The van der Waals surface area contributed by atoms with Gasteiger partial charge in [0.1, 0.15) is 0 Å². The second-order valence-corrected chi connectivity index (χ2v) is 11.7. The second kappa shape index (κ2) is 10.2. The molecule has 9 heteroatoms. The molecule has 1 aromatic heterocycles. The maximum atomic E-state index is 13.0. The minimum absolute atomic E-state index is 0.193. The monoisotopic (exact) mass is 487 g/mol. The zero-order valence-electron chi connectivity index (χ0n) is 17.8. The lowest BCUT2D eigenvalue weighted by Crippen LogP contribution is -2.35. The van der Waals surface area contributed by atoms with E-state index in [1.54, 1.807) is 18.2 Å². The van der Waals surface area contributed by atoms with Gasteiger partial charge in [-0.05, 0) is 37.5 Å². The van der Waals surface area contributed by atoms with Gasteiger partial charge < -0.3 is 5.32 Å². The van der Waals surface area contributed by atoms with E-state index < -0.39 is 10.0 Å². The molecule has 0 spiro atoms. The summed E-state index contributed by atoms with van der Waals surface area (Å²) < 4.78 is 28.3. The zero-order valence-corrected chi connectivity index (χ0v) is 20.2. The lowest BCUT2D eigenvalue weighted by Gasteiger charge is -2.26. The number of carbonyl (C=O) groups is 1. The summed E-state index contributed by atoms with van der Waals surface area (Å²) in [6, 6.07) is 14.8. The van der Waals surface area contributed by atoms with Crippen molar-refractivity contribution in [1.82, 2.24) is 9.29 Å². The molecule has 0 bridgehead atoms. The fourth-order valence-corrected chi connectivity index (χ4v) is 6.71. The number of nitrogens with zero attached hydrogens (tertiary/aromatic N) is 2. The molecule has 1 amide bonds. The zero-order chi connectivity index (χ0) is 22.6. The molecule has 1 aliphatic rings. The third kappa shape index (κ3) is 5.40. The summed E-state index contributed by atoms with van der Waals surface area (Å²) in [5.41, 5.74) is 3.28. The van der Waals surface area contributed by atoms with Gasteiger partial charge in [0.05, 0.1) is 16.3 Å². The summed E-state index contributed by atoms with van der Waals surface area (Å²) in [5, 5.41) is 4.85. The van der Waals surface area contributed by atoms with E-state index in [1.165, 1.54) is 27.4 Å². The molecule has 2 heterocycles. The summed E-state index contributed by atoms with van der Waals surface area (Å²) in [4.78, 5) is 17.4. The van der Waals surface area contributed by atoms with Crippen LogP contribution in [-0.4, -0.2) is 42.5 Å². The molecule has 4 rings (SSSR count). The van der Waals surface area contributed by atoms with Gasteiger partial charge in [-0.15, -0.1) is 11.3 Å². The molecule has 0 unspecified atom stereocenters. The first-order valence-electron chi connectivity index (χ1n) is 10.5. The molecule has 168 valence electrons. The highest BCUT2D eigenvalue weighted by Crippen LogP contribution is 2.29. The van der Waals surface area contributed by atoms with Crippen molar-refractivity contribution in [3.05, 3.63) is 59.5 Å². The van der Waals surface area contributed by atoms with Crippen LogP contribution in [0.2, 0.25) is 0 Å². The number of sulfonamides is 1. The molecular weight excluding hydrogens is 462 g/mol. The molecule has 0 radical (unpaired) electrons. The number of aryl methyl sites for hydroxylation is 1. The van der Waals surface area contributed by atoms with Crippen LogP contribution >= 0.6 is 23.1 Å². The van der Waals surface area contributed by atoms with Gasteiger partial charge in [0, 0.05) is 29.7 Å². The molecule has 6 nitrogen and oxygen atoms in total. The molecule has 2 aromatic carbocycles. The van der Waals surface area contributed by atoms with Crippen LogP contribution in [0.3, 0.4) is 0 Å². The minimum Gasteiger partial charge on any atom is -0.325 e. The maximum Gasteiger partial charge on any atom is 0.243 e. The molecule has 3 aromatic rings. The van der Waals surface area contributed by atoms with Gasteiger partial charge in [-0.3, -0.25) is 4.79 Å². The predicted molar refractivity (Wildman–Crippen MR) is 131 cm³/mol. The standard InChI is InChI=1S/C23H25N3O3S3/c1-17-10-11-19(32(28,29)26-12-6-3-7-13-26)14-20(17)24-22(27)16-31-23-25-21(15-30-23)18-8-4-2-5-9-18/h2,4-5,8-11,14-15H,3,6-7,12-13,16H2,1H3,(H,24,27). The van der Waals surface area contributed by atoms with Gasteiger partial charge in [0.25, 0.3) is 0 Å². The van der Waals surface area contributed by atoms with Gasteiger partial charge in [0.15, 0.2) is 4.34 Å². The molecule has 0 aliphatic carbocycles. The SMILES string of the molecule is Cc1ccc(S(=O)(=O)N2CCCCC2)cc1NC(=O)CSc1nc(-c2ccccc2)cs1. The number of rotatable bonds is 7. The fraction of sp³-hybridized carbons (Fsp3) is 0.304. The summed E-state index contributed by atoms with van der Waals surface area (Å²) in [6.45, 7) is 2.95. The van der Waals surface area contributed by atoms with E-state index in [4.69, 9.17) is 0 Å². The number of anilines is 1. The predicted octanol–water partition coefficient (Wildman–Crippen LogP) is 5.02. The summed E-state index contributed by atoms with van der Waals surface area (Å²) in [7, 11) is -3.55. The number of aromatic nitrogens is 1. The maximum absolute atomic E-state index is 13.0. The highest BCUT2D eigenvalue weighted by atomic mass is 32.2. The average Bonchev–Trinajstić information content (AvgIpc) is 3.29. The quantitative estimate of drug-likeness (QED) is 0.473.